The predicted molar refractivity (Wildman–Crippen MR) is 152 cm³/mol. The Morgan fingerprint density at radius 3 is 2.50 bits per heavy atom. The summed E-state index contributed by atoms with van der Waals surface area (Å²) >= 11 is 6.04. The van der Waals surface area contributed by atoms with E-state index in [9.17, 15) is 22.7 Å². The van der Waals surface area contributed by atoms with E-state index >= 15 is 0 Å². The summed E-state index contributed by atoms with van der Waals surface area (Å²) in [6.45, 7) is 2.98. The standard InChI is InChI=1S/C27H30ClF2N5O4S/c1-17-16-39-13-12-35(17)24-14-22(27(10-11-27)40(37,38)21-8-4-19(28)5-9-21)33-25(34-24)18-2-6-20(7-3-18)32-26(36)31-15-23(29)30/h2-9,14,17,23,37-38H,10-13,15-16H2,1H3,(H2,31,32,36)/t17-/m0/s1. The number of morpholine rings is 1. The highest BCUT2D eigenvalue weighted by atomic mass is 35.5. The van der Waals surface area contributed by atoms with Gasteiger partial charge in [-0.3, -0.25) is 9.11 Å². The minimum Gasteiger partial charge on any atom is -0.377 e. The molecule has 1 aliphatic carbocycles. The first-order valence-corrected chi connectivity index (χ1v) is 14.7. The van der Waals surface area contributed by atoms with Gasteiger partial charge in [-0.25, -0.2) is 23.5 Å². The minimum absolute atomic E-state index is 0.0504. The molecule has 3 aromatic rings. The third-order valence-corrected chi connectivity index (χ3v) is 9.94. The van der Waals surface area contributed by atoms with Crippen LogP contribution >= 0.6 is 22.2 Å². The molecule has 5 rings (SSSR count). The number of carbonyl (C=O) groups excluding carboxylic acids is 1. The van der Waals surface area contributed by atoms with Crippen molar-refractivity contribution in [3.05, 3.63) is 65.3 Å². The number of carbonyl (C=O) groups is 1. The Balaban J connectivity index is 1.50. The third-order valence-electron chi connectivity index (χ3n) is 7.05. The zero-order valence-electron chi connectivity index (χ0n) is 21.7. The molecule has 0 spiro atoms. The van der Waals surface area contributed by atoms with Gasteiger partial charge < -0.3 is 20.3 Å². The molecule has 1 aromatic heterocycles. The lowest BCUT2D eigenvalue weighted by Gasteiger charge is -2.41. The van der Waals surface area contributed by atoms with Crippen molar-refractivity contribution in [2.24, 2.45) is 0 Å². The largest absolute Gasteiger partial charge is 0.377 e. The lowest BCUT2D eigenvalue weighted by molar-refractivity contribution is 0.0985. The number of hydrogen-bond donors (Lipinski definition) is 4. The number of ether oxygens (including phenoxy) is 1. The van der Waals surface area contributed by atoms with Crippen molar-refractivity contribution in [3.8, 4) is 11.4 Å². The summed E-state index contributed by atoms with van der Waals surface area (Å²) in [4.78, 5) is 24.0. The Morgan fingerprint density at radius 2 is 1.88 bits per heavy atom. The van der Waals surface area contributed by atoms with Crippen molar-refractivity contribution in [2.45, 2.75) is 41.9 Å². The van der Waals surface area contributed by atoms with E-state index in [0.29, 0.717) is 71.1 Å². The Hall–Kier alpha value is -3.03. The molecule has 2 heterocycles. The summed E-state index contributed by atoms with van der Waals surface area (Å²) in [6, 6.07) is 14.4. The van der Waals surface area contributed by atoms with E-state index in [1.54, 1.807) is 48.5 Å². The number of nitrogens with one attached hydrogen (secondary N) is 2. The van der Waals surface area contributed by atoms with Gasteiger partial charge in [0.05, 0.1) is 36.4 Å². The molecule has 1 aliphatic heterocycles. The summed E-state index contributed by atoms with van der Waals surface area (Å²) < 4.78 is 52.5. The number of urea groups is 1. The van der Waals surface area contributed by atoms with Crippen molar-refractivity contribution < 1.29 is 27.4 Å². The van der Waals surface area contributed by atoms with E-state index in [-0.39, 0.29) is 6.04 Å². The molecule has 0 radical (unpaired) electrons. The van der Waals surface area contributed by atoms with E-state index in [1.165, 1.54) is 0 Å². The molecule has 2 fully saturated rings. The molecule has 0 bridgehead atoms. The van der Waals surface area contributed by atoms with Crippen LogP contribution in [0.25, 0.3) is 11.4 Å². The zero-order valence-corrected chi connectivity index (χ0v) is 23.3. The number of aromatic nitrogens is 2. The summed E-state index contributed by atoms with van der Waals surface area (Å²) in [6.07, 6.45) is -1.56. The smallest absolute Gasteiger partial charge is 0.319 e. The molecule has 2 amide bonds. The van der Waals surface area contributed by atoms with Crippen LogP contribution in [0.2, 0.25) is 5.02 Å². The quantitative estimate of drug-likeness (QED) is 0.245. The summed E-state index contributed by atoms with van der Waals surface area (Å²) in [5, 5.41) is 5.11. The van der Waals surface area contributed by atoms with E-state index in [1.807, 2.05) is 13.0 Å². The second-order valence-corrected chi connectivity index (χ2v) is 12.6. The normalized spacial score (nSPS) is 18.9. The topological polar surface area (TPSA) is 120 Å². The first-order chi connectivity index (χ1) is 19.1. The molecule has 4 N–H and O–H groups in total. The third kappa shape index (κ3) is 5.86. The van der Waals surface area contributed by atoms with Gasteiger partial charge in [0.25, 0.3) is 6.43 Å². The molecule has 1 atom stereocenters. The average molecular weight is 594 g/mol. The summed E-state index contributed by atoms with van der Waals surface area (Å²) in [5.41, 5.74) is 1.58. The van der Waals surface area contributed by atoms with Crippen LogP contribution in [0.5, 0.6) is 0 Å². The van der Waals surface area contributed by atoms with Crippen molar-refractivity contribution in [1.82, 2.24) is 15.3 Å². The molecule has 2 aliphatic rings. The Bertz CT molecular complexity index is 1360. The molecule has 13 heteroatoms. The lowest BCUT2D eigenvalue weighted by atomic mass is 10.1. The molecule has 1 saturated heterocycles. The fourth-order valence-corrected chi connectivity index (χ4v) is 6.87. The Labute approximate surface area is 237 Å². The minimum atomic E-state index is -3.29. The fourth-order valence-electron chi connectivity index (χ4n) is 4.71. The van der Waals surface area contributed by atoms with Gasteiger partial charge in [-0.15, -0.1) is 0 Å². The van der Waals surface area contributed by atoms with Crippen molar-refractivity contribution in [3.63, 3.8) is 0 Å². The number of alkyl halides is 2. The Kier molecular flexibility index (Phi) is 8.16. The average Bonchev–Trinajstić information content (AvgIpc) is 3.76. The van der Waals surface area contributed by atoms with Crippen LogP contribution in [0, 0.1) is 0 Å². The highest BCUT2D eigenvalue weighted by Crippen LogP contribution is 2.75. The molecular formula is C27H30ClF2N5O4S. The molecular weight excluding hydrogens is 564 g/mol. The molecule has 1 saturated carbocycles. The number of halogens is 3. The first kappa shape index (κ1) is 28.5. The monoisotopic (exact) mass is 593 g/mol. The number of anilines is 2. The van der Waals surface area contributed by atoms with Gasteiger partial charge in [-0.05, 0) is 68.3 Å². The molecule has 214 valence electrons. The number of amides is 2. The van der Waals surface area contributed by atoms with Crippen LogP contribution in [0.3, 0.4) is 0 Å². The van der Waals surface area contributed by atoms with Crippen LogP contribution in [-0.4, -0.2) is 63.9 Å². The van der Waals surface area contributed by atoms with Gasteiger partial charge >= 0.3 is 6.03 Å². The van der Waals surface area contributed by atoms with Crippen LogP contribution in [0.15, 0.2) is 59.5 Å². The second kappa shape index (κ2) is 11.5. The van der Waals surface area contributed by atoms with Crippen LogP contribution in [0.1, 0.15) is 25.5 Å². The molecule has 9 nitrogen and oxygen atoms in total. The second-order valence-electron chi connectivity index (χ2n) is 9.85. The fraction of sp³-hybridized carbons (Fsp3) is 0.370. The SMILES string of the molecule is C[C@H]1COCCN1c1cc(C2(S(O)(O)c3ccc(Cl)cc3)CC2)nc(-c2ccc(NC(=O)NCC(F)F)cc2)n1. The highest BCUT2D eigenvalue weighted by molar-refractivity contribution is 8.25. The maximum absolute atomic E-state index is 12.4. The van der Waals surface area contributed by atoms with Gasteiger partial charge in [0, 0.05) is 28.9 Å². The number of nitrogens with zero attached hydrogens (tertiary/aromatic N) is 3. The summed E-state index contributed by atoms with van der Waals surface area (Å²) in [7, 11) is -3.29. The van der Waals surface area contributed by atoms with Crippen molar-refractivity contribution in [2.75, 3.05) is 36.5 Å². The highest BCUT2D eigenvalue weighted by Gasteiger charge is 2.57. The first-order valence-electron chi connectivity index (χ1n) is 12.8. The predicted octanol–water partition coefficient (Wildman–Crippen LogP) is 6.21. The summed E-state index contributed by atoms with van der Waals surface area (Å²) in [5.74, 6) is 1.04. The van der Waals surface area contributed by atoms with Gasteiger partial charge in [0.2, 0.25) is 0 Å². The van der Waals surface area contributed by atoms with E-state index < -0.39 is 34.3 Å². The van der Waals surface area contributed by atoms with Gasteiger partial charge in [-0.1, -0.05) is 11.6 Å². The maximum Gasteiger partial charge on any atom is 0.319 e. The zero-order chi connectivity index (χ0) is 28.5. The van der Waals surface area contributed by atoms with Crippen LogP contribution < -0.4 is 15.5 Å². The molecule has 40 heavy (non-hydrogen) atoms. The number of hydrogen-bond acceptors (Lipinski definition) is 7. The van der Waals surface area contributed by atoms with Gasteiger partial charge in [-0.2, -0.15) is 10.6 Å². The van der Waals surface area contributed by atoms with Crippen LogP contribution in [0.4, 0.5) is 25.1 Å². The van der Waals surface area contributed by atoms with Crippen molar-refractivity contribution in [1.29, 1.82) is 0 Å². The molecule has 2 aromatic carbocycles. The van der Waals surface area contributed by atoms with E-state index in [4.69, 9.17) is 26.3 Å². The number of rotatable bonds is 8. The lowest BCUT2D eigenvalue weighted by Crippen LogP contribution is -2.44. The van der Waals surface area contributed by atoms with Gasteiger partial charge in [0.1, 0.15) is 10.6 Å². The van der Waals surface area contributed by atoms with Gasteiger partial charge in [0.15, 0.2) is 5.82 Å². The number of benzene rings is 2. The Morgan fingerprint density at radius 1 is 1.18 bits per heavy atom. The maximum atomic E-state index is 12.4. The van der Waals surface area contributed by atoms with Crippen molar-refractivity contribution >= 4 is 39.7 Å². The van der Waals surface area contributed by atoms with Crippen LogP contribution in [-0.2, 0) is 9.48 Å². The van der Waals surface area contributed by atoms with E-state index in [0.717, 1.165) is 0 Å². The van der Waals surface area contributed by atoms with E-state index in [2.05, 4.69) is 15.5 Å². The molecule has 0 unspecified atom stereocenters.